The first-order valence-corrected chi connectivity index (χ1v) is 12.7. The molecule has 7 nitrogen and oxygen atoms in total. The van der Waals surface area contributed by atoms with Gasteiger partial charge in [0.05, 0.1) is 12.8 Å². The number of carbonyl (C=O) groups excluding carboxylic acids is 1. The molecule has 1 aliphatic rings. The van der Waals surface area contributed by atoms with Gasteiger partial charge < -0.3 is 14.0 Å². The molecule has 0 aliphatic heterocycles. The lowest BCUT2D eigenvalue weighted by molar-refractivity contribution is -0.148. The zero-order valence-corrected chi connectivity index (χ0v) is 20.9. The molecule has 2 aromatic rings. The van der Waals surface area contributed by atoms with Crippen molar-refractivity contribution in [3.8, 4) is 5.75 Å². The molecule has 0 unspecified atom stereocenters. The molecule has 0 amide bonds. The van der Waals surface area contributed by atoms with Gasteiger partial charge in [-0.3, -0.25) is 9.59 Å². The molecule has 2 atom stereocenters. The fourth-order valence-corrected chi connectivity index (χ4v) is 4.98. The minimum atomic E-state index is -4.15. The van der Waals surface area contributed by atoms with Gasteiger partial charge in [-0.2, -0.15) is 8.42 Å². The maximum Gasteiger partial charge on any atom is 0.339 e. The zero-order valence-electron chi connectivity index (χ0n) is 20.1. The Morgan fingerprint density at radius 1 is 1.06 bits per heavy atom. The van der Waals surface area contributed by atoms with Crippen LogP contribution in [-0.4, -0.2) is 31.6 Å². The number of esters is 1. The van der Waals surface area contributed by atoms with Crippen LogP contribution in [0.25, 0.3) is 0 Å². The number of aryl methyl sites for hydroxylation is 1. The van der Waals surface area contributed by atoms with Crippen LogP contribution >= 0.6 is 0 Å². The smallest absolute Gasteiger partial charge is 0.339 e. The average molecular weight is 499 g/mol. The van der Waals surface area contributed by atoms with E-state index in [0.29, 0.717) is 11.1 Å². The van der Waals surface area contributed by atoms with Gasteiger partial charge >= 0.3 is 22.1 Å². The summed E-state index contributed by atoms with van der Waals surface area (Å²) >= 11 is 0. The molecule has 2 aromatic carbocycles. The molecule has 1 N–H and O–H groups in total. The molecule has 0 aromatic heterocycles. The van der Waals surface area contributed by atoms with Crippen LogP contribution in [0.2, 0.25) is 0 Å². The third-order valence-corrected chi connectivity index (χ3v) is 7.10. The zero-order chi connectivity index (χ0) is 25.8. The fraction of sp³-hybridized carbons (Fsp3) is 0.333. The van der Waals surface area contributed by atoms with E-state index >= 15 is 0 Å². The van der Waals surface area contributed by atoms with Crippen molar-refractivity contribution in [2.24, 2.45) is 5.92 Å². The summed E-state index contributed by atoms with van der Waals surface area (Å²) in [6.45, 7) is 9.74. The summed E-state index contributed by atoms with van der Waals surface area (Å²) in [7, 11) is -4.15. The van der Waals surface area contributed by atoms with Crippen molar-refractivity contribution >= 4 is 22.1 Å². The minimum absolute atomic E-state index is 0.0274. The highest BCUT2D eigenvalue weighted by atomic mass is 32.2. The highest BCUT2D eigenvalue weighted by molar-refractivity contribution is 7.87. The van der Waals surface area contributed by atoms with Gasteiger partial charge in [0.15, 0.2) is 0 Å². The largest absolute Gasteiger partial charge is 0.481 e. The Morgan fingerprint density at radius 3 is 2.29 bits per heavy atom. The van der Waals surface area contributed by atoms with Crippen LogP contribution in [0.1, 0.15) is 43.4 Å². The first-order valence-electron chi connectivity index (χ1n) is 11.3. The van der Waals surface area contributed by atoms with Crippen LogP contribution in [0, 0.1) is 12.8 Å². The van der Waals surface area contributed by atoms with E-state index in [1.165, 1.54) is 24.3 Å². The van der Waals surface area contributed by atoms with Crippen LogP contribution in [0.5, 0.6) is 5.75 Å². The Balaban J connectivity index is 1.83. The standard InChI is InChI=1S/C27H30O7S/c1-17(2)24-10-7-19(4)11-25(24)33-27(30)16-21-12-20(15-26(28)29)13-22(14-21)34-35(31,32)23-8-5-18(3)6-9-23/h5-6,8-9,11-14,24-25H,1,7,10,15-16H2,2-4H3,(H,28,29)/t24-,25-/m1/s1. The second-order valence-corrected chi connectivity index (χ2v) is 10.6. The van der Waals surface area contributed by atoms with E-state index in [9.17, 15) is 23.1 Å². The van der Waals surface area contributed by atoms with Crippen molar-refractivity contribution in [3.63, 3.8) is 0 Å². The SMILES string of the molecule is C=C(C)[C@H]1CCC(C)=C[C@H]1OC(=O)Cc1cc(CC(=O)O)cc(OS(=O)(=O)c2ccc(C)cc2)c1. The van der Waals surface area contributed by atoms with Crippen molar-refractivity contribution < 1.29 is 32.0 Å². The molecule has 0 bridgehead atoms. The topological polar surface area (TPSA) is 107 Å². The highest BCUT2D eigenvalue weighted by Gasteiger charge is 2.27. The number of allylic oxidation sites excluding steroid dienone is 1. The minimum Gasteiger partial charge on any atom is -0.481 e. The lowest BCUT2D eigenvalue weighted by Gasteiger charge is -2.29. The summed E-state index contributed by atoms with van der Waals surface area (Å²) in [5, 5.41) is 9.22. The number of rotatable bonds is 9. The molecule has 186 valence electrons. The Kier molecular flexibility index (Phi) is 8.17. The highest BCUT2D eigenvalue weighted by Crippen LogP contribution is 2.31. The monoisotopic (exact) mass is 498 g/mol. The molecule has 0 heterocycles. The van der Waals surface area contributed by atoms with Crippen LogP contribution in [0.15, 0.2) is 71.2 Å². The molecular formula is C27H30O7S. The van der Waals surface area contributed by atoms with Crippen molar-refractivity contribution in [2.45, 2.75) is 57.5 Å². The first kappa shape index (κ1) is 26.2. The third-order valence-electron chi connectivity index (χ3n) is 5.84. The summed E-state index contributed by atoms with van der Waals surface area (Å²) in [6.07, 6.45) is 2.75. The Morgan fingerprint density at radius 2 is 1.69 bits per heavy atom. The number of ether oxygens (including phenoxy) is 1. The maximum absolute atomic E-state index is 12.8. The van der Waals surface area contributed by atoms with Crippen LogP contribution in [-0.2, 0) is 37.3 Å². The van der Waals surface area contributed by atoms with E-state index in [-0.39, 0.29) is 29.4 Å². The van der Waals surface area contributed by atoms with Crippen LogP contribution in [0.4, 0.5) is 0 Å². The van der Waals surface area contributed by atoms with E-state index < -0.39 is 28.2 Å². The molecule has 0 saturated heterocycles. The van der Waals surface area contributed by atoms with Gasteiger partial charge in [-0.25, -0.2) is 0 Å². The Hall–Kier alpha value is -3.39. The molecule has 3 rings (SSSR count). The lowest BCUT2D eigenvalue weighted by Crippen LogP contribution is -2.29. The van der Waals surface area contributed by atoms with Gasteiger partial charge in [0.25, 0.3) is 0 Å². The van der Waals surface area contributed by atoms with E-state index in [2.05, 4.69) is 6.58 Å². The number of carboxylic acids is 1. The molecule has 1 aliphatic carbocycles. The third kappa shape index (κ3) is 7.29. The first-order chi connectivity index (χ1) is 16.4. The number of carboxylic acid groups (broad SMARTS) is 1. The second-order valence-electron chi connectivity index (χ2n) is 9.04. The molecular weight excluding hydrogens is 468 g/mol. The number of hydrogen-bond donors (Lipinski definition) is 1. The maximum atomic E-state index is 12.8. The summed E-state index contributed by atoms with van der Waals surface area (Å²) in [5.74, 6) is -1.64. The van der Waals surface area contributed by atoms with Gasteiger partial charge in [-0.05, 0) is 75.1 Å². The average Bonchev–Trinajstić information content (AvgIpc) is 2.72. The van der Waals surface area contributed by atoms with Crippen molar-refractivity contribution in [1.29, 1.82) is 0 Å². The number of carbonyl (C=O) groups is 2. The molecule has 0 fully saturated rings. The Bertz CT molecular complexity index is 1260. The normalized spacial score (nSPS) is 17.9. The fourth-order valence-electron chi connectivity index (χ4n) is 4.07. The van der Waals surface area contributed by atoms with Gasteiger partial charge in [0.1, 0.15) is 16.7 Å². The van der Waals surface area contributed by atoms with Crippen molar-refractivity contribution in [3.05, 3.63) is 83.0 Å². The summed E-state index contributed by atoms with van der Waals surface area (Å²) in [6, 6.07) is 10.5. The quantitative estimate of drug-likeness (QED) is 0.301. The van der Waals surface area contributed by atoms with Crippen LogP contribution in [0.3, 0.4) is 0 Å². The predicted octanol–water partition coefficient (Wildman–Crippen LogP) is 4.78. The Labute approximate surface area is 206 Å². The molecule has 8 heteroatoms. The van der Waals surface area contributed by atoms with E-state index in [0.717, 1.165) is 29.6 Å². The lowest BCUT2D eigenvalue weighted by atomic mass is 9.83. The van der Waals surface area contributed by atoms with E-state index in [1.54, 1.807) is 18.2 Å². The van der Waals surface area contributed by atoms with E-state index in [1.807, 2.05) is 26.8 Å². The van der Waals surface area contributed by atoms with Crippen LogP contribution < -0.4 is 4.18 Å². The van der Waals surface area contributed by atoms with Gasteiger partial charge in [-0.1, -0.05) is 41.5 Å². The van der Waals surface area contributed by atoms with Gasteiger partial charge in [0, 0.05) is 5.92 Å². The number of aliphatic carboxylic acids is 1. The molecule has 0 radical (unpaired) electrons. The van der Waals surface area contributed by atoms with Crippen molar-refractivity contribution in [2.75, 3.05) is 0 Å². The summed E-state index contributed by atoms with van der Waals surface area (Å²) in [4.78, 5) is 24.0. The summed E-state index contributed by atoms with van der Waals surface area (Å²) in [5.41, 5.74) is 3.68. The number of benzene rings is 2. The van der Waals surface area contributed by atoms with Gasteiger partial charge in [-0.15, -0.1) is 0 Å². The van der Waals surface area contributed by atoms with Gasteiger partial charge in [0.2, 0.25) is 0 Å². The van der Waals surface area contributed by atoms with E-state index in [4.69, 9.17) is 8.92 Å². The summed E-state index contributed by atoms with van der Waals surface area (Å²) < 4.78 is 36.5. The molecule has 35 heavy (non-hydrogen) atoms. The molecule has 0 spiro atoms. The predicted molar refractivity (Wildman–Crippen MR) is 132 cm³/mol. The van der Waals surface area contributed by atoms with Crippen molar-refractivity contribution in [1.82, 2.24) is 0 Å². The number of hydrogen-bond acceptors (Lipinski definition) is 6. The second kappa shape index (κ2) is 10.9. The molecule has 0 saturated carbocycles.